The van der Waals surface area contributed by atoms with Gasteiger partial charge in [-0.05, 0) is 59.0 Å². The predicted octanol–water partition coefficient (Wildman–Crippen LogP) is 6.38. The average molecular weight is 646 g/mol. The van der Waals surface area contributed by atoms with E-state index in [0.717, 1.165) is 27.9 Å². The number of amides is 1. The number of hydrogen-bond donors (Lipinski definition) is 5. The lowest BCUT2D eigenvalue weighted by Crippen LogP contribution is -2.47. The van der Waals surface area contributed by atoms with Crippen LogP contribution in [0.25, 0.3) is 11.1 Å². The SMILES string of the molecule is CC.CCC(O)c1ccc(F)cc1.O=C1CC(c2ccc(-c3ccc(C4CC(O)[C@H](O)C(CO)O4)cc3)cc2O)N1c1ccccc1. The number of carbonyl (C=O) groups is 1. The number of aromatic hydroxyl groups is 1. The van der Waals surface area contributed by atoms with Crippen molar-refractivity contribution in [1.82, 2.24) is 0 Å². The number of hydrogen-bond acceptors (Lipinski definition) is 7. The van der Waals surface area contributed by atoms with Crippen molar-refractivity contribution >= 4 is 11.6 Å². The van der Waals surface area contributed by atoms with Gasteiger partial charge in [-0.15, -0.1) is 0 Å². The minimum Gasteiger partial charge on any atom is -0.508 e. The minimum atomic E-state index is -1.11. The summed E-state index contributed by atoms with van der Waals surface area (Å²) in [6.45, 7) is 5.51. The molecule has 4 aromatic rings. The summed E-state index contributed by atoms with van der Waals surface area (Å²) < 4.78 is 18.1. The van der Waals surface area contributed by atoms with E-state index in [1.54, 1.807) is 23.1 Å². The van der Waals surface area contributed by atoms with Crippen molar-refractivity contribution in [2.75, 3.05) is 11.5 Å². The quantitative estimate of drug-likeness (QED) is 0.148. The third kappa shape index (κ3) is 8.43. The van der Waals surface area contributed by atoms with Crippen LogP contribution in [-0.2, 0) is 9.53 Å². The number of halogens is 1. The topological polar surface area (TPSA) is 131 Å². The molecule has 6 atom stereocenters. The fourth-order valence-corrected chi connectivity index (χ4v) is 5.71. The number of phenolic OH excluding ortho intramolecular Hbond substituents is 1. The highest BCUT2D eigenvalue weighted by Crippen LogP contribution is 2.43. The largest absolute Gasteiger partial charge is 0.508 e. The molecule has 9 heteroatoms. The van der Waals surface area contributed by atoms with Crippen molar-refractivity contribution in [2.45, 2.75) is 76.6 Å². The summed E-state index contributed by atoms with van der Waals surface area (Å²) in [4.78, 5) is 14.0. The van der Waals surface area contributed by atoms with Crippen molar-refractivity contribution in [1.29, 1.82) is 0 Å². The summed E-state index contributed by atoms with van der Waals surface area (Å²) in [5, 5.41) is 49.5. The molecule has 2 aliphatic heterocycles. The molecule has 2 fully saturated rings. The number of ether oxygens (including phenoxy) is 1. The first-order chi connectivity index (χ1) is 22.7. The van der Waals surface area contributed by atoms with Crippen molar-refractivity contribution in [3.63, 3.8) is 0 Å². The molecule has 250 valence electrons. The van der Waals surface area contributed by atoms with Crippen LogP contribution in [0.1, 0.15) is 75.0 Å². The van der Waals surface area contributed by atoms with Gasteiger partial charge in [0.1, 0.15) is 23.8 Å². The number of benzene rings is 4. The van der Waals surface area contributed by atoms with E-state index < -0.39 is 30.5 Å². The maximum absolute atomic E-state index is 12.4. The number of carbonyl (C=O) groups excluding carboxylic acids is 1. The van der Waals surface area contributed by atoms with Gasteiger partial charge in [0.15, 0.2) is 0 Å². The fraction of sp³-hybridized carbons (Fsp3) is 0.342. The molecule has 0 radical (unpaired) electrons. The van der Waals surface area contributed by atoms with E-state index in [2.05, 4.69) is 0 Å². The number of nitrogens with zero attached hydrogens (tertiary/aromatic N) is 1. The second-order valence-corrected chi connectivity index (χ2v) is 11.3. The van der Waals surface area contributed by atoms with Crippen LogP contribution < -0.4 is 4.90 Å². The normalized spacial score (nSPS) is 22.6. The Bertz CT molecular complexity index is 1570. The first-order valence-corrected chi connectivity index (χ1v) is 16.1. The maximum atomic E-state index is 12.4. The molecule has 0 aromatic heterocycles. The number of aliphatic hydroxyl groups excluding tert-OH is 4. The van der Waals surface area contributed by atoms with Crippen LogP contribution >= 0.6 is 0 Å². The van der Waals surface area contributed by atoms with Gasteiger partial charge in [-0.25, -0.2) is 4.39 Å². The highest BCUT2D eigenvalue weighted by atomic mass is 19.1. The lowest BCUT2D eigenvalue weighted by molar-refractivity contribution is -0.181. The van der Waals surface area contributed by atoms with Crippen molar-refractivity contribution in [3.05, 3.63) is 120 Å². The highest BCUT2D eigenvalue weighted by molar-refractivity contribution is 6.01. The minimum absolute atomic E-state index is 0.0290. The van der Waals surface area contributed by atoms with E-state index >= 15 is 0 Å². The number of rotatable bonds is 7. The Labute approximate surface area is 275 Å². The maximum Gasteiger partial charge on any atom is 0.230 e. The number of phenols is 1. The molecular weight excluding hydrogens is 601 g/mol. The second kappa shape index (κ2) is 16.6. The van der Waals surface area contributed by atoms with Gasteiger partial charge < -0.3 is 35.2 Å². The molecule has 5 unspecified atom stereocenters. The first-order valence-electron chi connectivity index (χ1n) is 16.1. The van der Waals surface area contributed by atoms with Gasteiger partial charge in [0.25, 0.3) is 0 Å². The van der Waals surface area contributed by atoms with Crippen LogP contribution in [0.2, 0.25) is 0 Å². The third-order valence-electron chi connectivity index (χ3n) is 8.38. The Morgan fingerprint density at radius 3 is 2.13 bits per heavy atom. The molecular formula is C38H44FNO7. The molecule has 0 saturated carbocycles. The first kappa shape index (κ1) is 35.7. The molecule has 2 saturated heterocycles. The van der Waals surface area contributed by atoms with Gasteiger partial charge in [-0.2, -0.15) is 0 Å². The van der Waals surface area contributed by atoms with Crippen LogP contribution in [0.5, 0.6) is 5.75 Å². The number of aliphatic hydroxyl groups is 4. The van der Waals surface area contributed by atoms with Crippen LogP contribution in [-0.4, -0.2) is 56.4 Å². The van der Waals surface area contributed by atoms with E-state index in [1.807, 2.05) is 87.5 Å². The Kier molecular flexibility index (Phi) is 12.6. The van der Waals surface area contributed by atoms with Crippen LogP contribution in [0, 0.1) is 5.82 Å². The molecule has 0 aliphatic carbocycles. The average Bonchev–Trinajstić information content (AvgIpc) is 3.10. The smallest absolute Gasteiger partial charge is 0.230 e. The molecule has 6 rings (SSSR count). The second-order valence-electron chi connectivity index (χ2n) is 11.3. The Balaban J connectivity index is 0.000000325. The molecule has 47 heavy (non-hydrogen) atoms. The van der Waals surface area contributed by atoms with E-state index in [0.29, 0.717) is 18.4 Å². The summed E-state index contributed by atoms with van der Waals surface area (Å²) in [6, 6.07) is 28.2. The van der Waals surface area contributed by atoms with Crippen LogP contribution in [0.15, 0.2) is 97.1 Å². The molecule has 2 aliphatic rings. The molecule has 8 nitrogen and oxygen atoms in total. The molecule has 1 amide bonds. The van der Waals surface area contributed by atoms with E-state index in [4.69, 9.17) is 4.74 Å². The summed E-state index contributed by atoms with van der Waals surface area (Å²) >= 11 is 0. The molecule has 5 N–H and O–H groups in total. The Morgan fingerprint density at radius 2 is 1.55 bits per heavy atom. The number of para-hydroxylation sites is 1. The highest BCUT2D eigenvalue weighted by Gasteiger charge is 2.40. The van der Waals surface area contributed by atoms with Crippen molar-refractivity contribution < 1.29 is 39.5 Å². The van der Waals surface area contributed by atoms with Gasteiger partial charge in [-0.1, -0.05) is 87.5 Å². The monoisotopic (exact) mass is 645 g/mol. The van der Waals surface area contributed by atoms with E-state index in [9.17, 15) is 34.7 Å². The van der Waals surface area contributed by atoms with Crippen LogP contribution in [0.3, 0.4) is 0 Å². The summed E-state index contributed by atoms with van der Waals surface area (Å²) in [5.41, 5.74) is 4.86. The van der Waals surface area contributed by atoms with Gasteiger partial charge in [0.05, 0.1) is 37.4 Å². The van der Waals surface area contributed by atoms with Crippen molar-refractivity contribution in [3.8, 4) is 16.9 Å². The summed E-state index contributed by atoms with van der Waals surface area (Å²) in [6.07, 6.45) is -2.54. The number of β-lactam (4-membered cyclic amide) rings is 1. The summed E-state index contributed by atoms with van der Waals surface area (Å²) in [5.74, 6) is -0.100. The van der Waals surface area contributed by atoms with Crippen molar-refractivity contribution in [2.24, 2.45) is 0 Å². The van der Waals surface area contributed by atoms with Gasteiger partial charge in [-0.3, -0.25) is 4.79 Å². The predicted molar refractivity (Wildman–Crippen MR) is 179 cm³/mol. The zero-order valence-corrected chi connectivity index (χ0v) is 26.9. The Hall–Kier alpha value is -4.12. The molecule has 4 aromatic carbocycles. The van der Waals surface area contributed by atoms with Gasteiger partial charge in [0.2, 0.25) is 5.91 Å². The fourth-order valence-electron chi connectivity index (χ4n) is 5.71. The zero-order chi connectivity index (χ0) is 34.1. The van der Waals surface area contributed by atoms with Crippen LogP contribution in [0.4, 0.5) is 10.1 Å². The number of anilines is 1. The lowest BCUT2D eigenvalue weighted by atomic mass is 9.90. The lowest BCUT2D eigenvalue weighted by Gasteiger charge is -2.41. The summed E-state index contributed by atoms with van der Waals surface area (Å²) in [7, 11) is 0. The van der Waals surface area contributed by atoms with E-state index in [1.165, 1.54) is 12.1 Å². The van der Waals surface area contributed by atoms with Gasteiger partial charge >= 0.3 is 0 Å². The zero-order valence-electron chi connectivity index (χ0n) is 26.9. The molecule has 0 spiro atoms. The third-order valence-corrected chi connectivity index (χ3v) is 8.38. The molecule has 0 bridgehead atoms. The van der Waals surface area contributed by atoms with Gasteiger partial charge in [0, 0.05) is 17.7 Å². The van der Waals surface area contributed by atoms with E-state index in [-0.39, 0.29) is 36.5 Å². The molecule has 2 heterocycles. The standard InChI is InChI=1S/C27H27NO6.C9H11FO.C2H6/c29-15-25-27(33)23(31)14-24(34-25)17-8-6-16(7-9-17)18-10-11-20(22(30)12-18)21-13-26(32)28(21)19-4-2-1-3-5-19;1-2-9(11)7-3-5-8(10)6-4-7;1-2/h1-12,21,23-25,27,29-31,33H,13-15H2;3-6,9,11H,2H2,1H3;1-2H3/t21?,23?,24?,25?,27-;;/m0../s1. The Morgan fingerprint density at radius 1 is 0.915 bits per heavy atom.